The van der Waals surface area contributed by atoms with Crippen LogP contribution in [0.1, 0.15) is 6.42 Å². The largest absolute Gasteiger partial charge is 0.341 e. The first-order valence-electron chi connectivity index (χ1n) is 3.86. The zero-order valence-electron chi connectivity index (χ0n) is 6.71. The van der Waals surface area contributed by atoms with Crippen molar-refractivity contribution in [2.24, 2.45) is 0 Å². The molecule has 1 aliphatic heterocycles. The van der Waals surface area contributed by atoms with Crippen molar-refractivity contribution in [3.8, 4) is 0 Å². The Morgan fingerprint density at radius 1 is 1.73 bits per heavy atom. The van der Waals surface area contributed by atoms with Crippen LogP contribution in [0.15, 0.2) is 0 Å². The highest BCUT2D eigenvalue weighted by molar-refractivity contribution is 7.80. The van der Waals surface area contributed by atoms with Crippen molar-refractivity contribution in [3.05, 3.63) is 0 Å². The number of likely N-dealkylation sites (tertiary alicyclic amines) is 1. The van der Waals surface area contributed by atoms with E-state index >= 15 is 0 Å². The van der Waals surface area contributed by atoms with Gasteiger partial charge in [0.1, 0.15) is 0 Å². The topological polar surface area (TPSA) is 32.3 Å². The number of hydrogen-bond acceptors (Lipinski definition) is 3. The Bertz CT molecular complexity index is 143. The molecule has 0 bridgehead atoms. The lowest BCUT2D eigenvalue weighted by Crippen LogP contribution is -2.51. The Morgan fingerprint density at radius 2 is 2.36 bits per heavy atom. The lowest BCUT2D eigenvalue weighted by molar-refractivity contribution is -0.136. The second kappa shape index (κ2) is 3.97. The first-order chi connectivity index (χ1) is 5.29. The van der Waals surface area contributed by atoms with Crippen LogP contribution in [0.4, 0.5) is 0 Å². The summed E-state index contributed by atoms with van der Waals surface area (Å²) in [6.45, 7) is 1.84. The smallest absolute Gasteiger partial charge is 0.240 e. The van der Waals surface area contributed by atoms with E-state index in [0.717, 1.165) is 19.5 Å². The molecule has 0 saturated carbocycles. The van der Waals surface area contributed by atoms with Gasteiger partial charge in [0, 0.05) is 18.8 Å². The average Bonchev–Trinajstić information content (AvgIpc) is 1.86. The molecule has 1 heterocycles. The van der Waals surface area contributed by atoms with Crippen LogP contribution < -0.4 is 5.32 Å². The van der Waals surface area contributed by atoms with E-state index in [1.165, 1.54) is 0 Å². The van der Waals surface area contributed by atoms with Gasteiger partial charge in [-0.3, -0.25) is 4.79 Å². The molecule has 0 radical (unpaired) electrons. The van der Waals surface area contributed by atoms with Gasteiger partial charge in [-0.1, -0.05) is 0 Å². The van der Waals surface area contributed by atoms with Crippen LogP contribution in [0.5, 0.6) is 0 Å². The van der Waals surface area contributed by atoms with Gasteiger partial charge in [0.25, 0.3) is 0 Å². The van der Waals surface area contributed by atoms with Gasteiger partial charge in [-0.2, -0.15) is 12.6 Å². The van der Waals surface area contributed by atoms with Crippen LogP contribution in [0, 0.1) is 0 Å². The highest BCUT2D eigenvalue weighted by atomic mass is 32.1. The van der Waals surface area contributed by atoms with Crippen molar-refractivity contribution in [1.82, 2.24) is 10.2 Å². The quantitative estimate of drug-likeness (QED) is 0.578. The summed E-state index contributed by atoms with van der Waals surface area (Å²) < 4.78 is 0. The maximum absolute atomic E-state index is 11.4. The van der Waals surface area contributed by atoms with Crippen molar-refractivity contribution < 1.29 is 4.79 Å². The third kappa shape index (κ3) is 1.87. The fraction of sp³-hybridized carbons (Fsp3) is 0.857. The maximum Gasteiger partial charge on any atom is 0.240 e. The first-order valence-corrected chi connectivity index (χ1v) is 4.49. The molecule has 64 valence electrons. The van der Waals surface area contributed by atoms with E-state index in [9.17, 15) is 4.79 Å². The molecule has 0 spiro atoms. The third-order valence-corrected chi connectivity index (χ3v) is 2.36. The van der Waals surface area contributed by atoms with Gasteiger partial charge in [0.2, 0.25) is 5.91 Å². The van der Waals surface area contributed by atoms with Gasteiger partial charge in [-0.15, -0.1) is 0 Å². The number of nitrogens with one attached hydrogen (secondary N) is 1. The number of thiol groups is 1. The van der Waals surface area contributed by atoms with E-state index in [2.05, 4.69) is 17.9 Å². The molecule has 4 heteroatoms. The second-order valence-electron chi connectivity index (χ2n) is 2.70. The monoisotopic (exact) mass is 174 g/mol. The fourth-order valence-electron chi connectivity index (χ4n) is 1.05. The molecule has 11 heavy (non-hydrogen) atoms. The standard InChI is InChI=1S/C7H14N2OS/c1-8-6(5-11)7(10)9-3-2-4-9/h6,8,11H,2-5H2,1H3/t6-/m1/s1. The average molecular weight is 174 g/mol. The van der Waals surface area contributed by atoms with Crippen LogP contribution in [0.2, 0.25) is 0 Å². The molecular formula is C7H14N2OS. The molecule has 1 atom stereocenters. The molecule has 1 rings (SSSR count). The number of nitrogens with zero attached hydrogens (tertiary/aromatic N) is 1. The first kappa shape index (κ1) is 8.87. The van der Waals surface area contributed by atoms with Crippen LogP contribution in [-0.4, -0.2) is 42.7 Å². The van der Waals surface area contributed by atoms with E-state index in [4.69, 9.17) is 0 Å². The van der Waals surface area contributed by atoms with Crippen LogP contribution in [0.25, 0.3) is 0 Å². The summed E-state index contributed by atoms with van der Waals surface area (Å²) in [5.74, 6) is 0.764. The number of likely N-dealkylation sites (N-methyl/N-ethyl adjacent to an activating group) is 1. The lowest BCUT2D eigenvalue weighted by Gasteiger charge is -2.33. The molecule has 3 nitrogen and oxygen atoms in total. The maximum atomic E-state index is 11.4. The van der Waals surface area contributed by atoms with E-state index in [-0.39, 0.29) is 11.9 Å². The Hall–Kier alpha value is -0.220. The molecule has 1 amide bonds. The van der Waals surface area contributed by atoms with E-state index in [1.807, 2.05) is 4.90 Å². The predicted octanol–water partition coefficient (Wildman–Crippen LogP) is -0.264. The highest BCUT2D eigenvalue weighted by Crippen LogP contribution is 2.08. The molecule has 1 fully saturated rings. The molecule has 1 aliphatic rings. The van der Waals surface area contributed by atoms with Crippen molar-refractivity contribution in [3.63, 3.8) is 0 Å². The number of hydrogen-bond donors (Lipinski definition) is 2. The summed E-state index contributed by atoms with van der Waals surface area (Å²) in [5, 5.41) is 2.93. The molecule has 0 aromatic rings. The van der Waals surface area contributed by atoms with Gasteiger partial charge in [0.15, 0.2) is 0 Å². The summed E-state index contributed by atoms with van der Waals surface area (Å²) in [6, 6.07) is -0.0985. The molecule has 1 saturated heterocycles. The summed E-state index contributed by atoms with van der Waals surface area (Å²) in [7, 11) is 1.79. The minimum absolute atomic E-state index is 0.0985. The molecule has 0 aromatic heterocycles. The molecule has 0 aliphatic carbocycles. The Labute approximate surface area is 72.5 Å². The summed E-state index contributed by atoms with van der Waals surface area (Å²) in [6.07, 6.45) is 1.15. The zero-order valence-corrected chi connectivity index (χ0v) is 7.60. The Morgan fingerprint density at radius 3 is 2.64 bits per heavy atom. The lowest BCUT2D eigenvalue weighted by atomic mass is 10.2. The van der Waals surface area contributed by atoms with Gasteiger partial charge < -0.3 is 10.2 Å². The highest BCUT2D eigenvalue weighted by Gasteiger charge is 2.25. The van der Waals surface area contributed by atoms with Gasteiger partial charge in [0.05, 0.1) is 6.04 Å². The minimum Gasteiger partial charge on any atom is -0.341 e. The zero-order chi connectivity index (χ0) is 8.27. The Kier molecular flexibility index (Phi) is 3.20. The summed E-state index contributed by atoms with van der Waals surface area (Å²) >= 11 is 4.08. The minimum atomic E-state index is -0.0985. The van der Waals surface area contributed by atoms with Crippen molar-refractivity contribution in [2.45, 2.75) is 12.5 Å². The molecule has 0 aromatic carbocycles. The SMILES string of the molecule is CN[C@H](CS)C(=O)N1CCC1. The van der Waals surface area contributed by atoms with Crippen molar-refractivity contribution in [2.75, 3.05) is 25.9 Å². The number of rotatable bonds is 3. The summed E-state index contributed by atoms with van der Waals surface area (Å²) in [5.41, 5.74) is 0. The van der Waals surface area contributed by atoms with Crippen LogP contribution in [-0.2, 0) is 4.79 Å². The van der Waals surface area contributed by atoms with Gasteiger partial charge >= 0.3 is 0 Å². The van der Waals surface area contributed by atoms with E-state index in [0.29, 0.717) is 5.75 Å². The van der Waals surface area contributed by atoms with Crippen molar-refractivity contribution >= 4 is 18.5 Å². The van der Waals surface area contributed by atoms with Gasteiger partial charge in [-0.25, -0.2) is 0 Å². The molecule has 1 N–H and O–H groups in total. The van der Waals surface area contributed by atoms with Gasteiger partial charge in [-0.05, 0) is 13.5 Å². The predicted molar refractivity (Wildman–Crippen MR) is 47.9 cm³/mol. The normalized spacial score (nSPS) is 19.3. The van der Waals surface area contributed by atoms with Crippen molar-refractivity contribution in [1.29, 1.82) is 0 Å². The van der Waals surface area contributed by atoms with Crippen LogP contribution in [0.3, 0.4) is 0 Å². The fourth-order valence-corrected chi connectivity index (χ4v) is 1.39. The molecule has 0 unspecified atom stereocenters. The second-order valence-corrected chi connectivity index (χ2v) is 3.07. The number of carbonyl (C=O) groups excluding carboxylic acids is 1. The summed E-state index contributed by atoms with van der Waals surface area (Å²) in [4.78, 5) is 13.3. The third-order valence-electron chi connectivity index (χ3n) is 2.00. The van der Waals surface area contributed by atoms with Crippen LogP contribution >= 0.6 is 12.6 Å². The Balaban J connectivity index is 2.36. The number of amides is 1. The van der Waals surface area contributed by atoms with E-state index in [1.54, 1.807) is 7.05 Å². The van der Waals surface area contributed by atoms with E-state index < -0.39 is 0 Å². The number of carbonyl (C=O) groups is 1. The molecular weight excluding hydrogens is 160 g/mol.